The van der Waals surface area contributed by atoms with Gasteiger partial charge in [0.05, 0.1) is 6.42 Å². The summed E-state index contributed by atoms with van der Waals surface area (Å²) in [6.07, 6.45) is 0.451. The largest absolute Gasteiger partial charge is 0.358 e. The molecule has 0 atom stereocenters. The Morgan fingerprint density at radius 2 is 2.00 bits per heavy atom. The molecule has 5 heteroatoms. The van der Waals surface area contributed by atoms with E-state index in [2.05, 4.69) is 16.0 Å². The second-order valence-electron chi connectivity index (χ2n) is 4.89. The van der Waals surface area contributed by atoms with Crippen molar-refractivity contribution in [3.8, 4) is 0 Å². The first-order valence-electron chi connectivity index (χ1n) is 6.72. The molecule has 3 N–H and O–H groups in total. The van der Waals surface area contributed by atoms with Crippen LogP contribution in [-0.4, -0.2) is 11.0 Å². The Labute approximate surface area is 128 Å². The Bertz CT molecular complexity index is 685. The molecule has 0 saturated carbocycles. The number of rotatable bonds is 3. The van der Waals surface area contributed by atoms with E-state index < -0.39 is 0 Å². The van der Waals surface area contributed by atoms with Gasteiger partial charge >= 0.3 is 0 Å². The molecule has 1 amide bonds. The van der Waals surface area contributed by atoms with Gasteiger partial charge in [-0.3, -0.25) is 4.79 Å². The zero-order valence-electron chi connectivity index (χ0n) is 11.3. The monoisotopic (exact) mass is 297 g/mol. The van der Waals surface area contributed by atoms with Gasteiger partial charge in [-0.2, -0.15) is 0 Å². The van der Waals surface area contributed by atoms with Gasteiger partial charge in [-0.25, -0.2) is 0 Å². The molecule has 0 spiro atoms. The summed E-state index contributed by atoms with van der Waals surface area (Å²) in [6.45, 7) is 0.675. The molecule has 1 aliphatic heterocycles. The molecular formula is C16H15N3OS. The van der Waals surface area contributed by atoms with E-state index in [0.29, 0.717) is 18.1 Å². The zero-order valence-corrected chi connectivity index (χ0v) is 12.2. The molecule has 106 valence electrons. The van der Waals surface area contributed by atoms with E-state index in [1.165, 1.54) is 5.56 Å². The summed E-state index contributed by atoms with van der Waals surface area (Å²) < 4.78 is 0. The number of hydrogen-bond acceptors (Lipinski definition) is 2. The molecule has 0 bridgehead atoms. The summed E-state index contributed by atoms with van der Waals surface area (Å²) in [7, 11) is 0. The third-order valence-corrected chi connectivity index (χ3v) is 3.54. The molecule has 0 aromatic heterocycles. The number of nitrogens with one attached hydrogen (secondary N) is 3. The molecule has 0 saturated heterocycles. The van der Waals surface area contributed by atoms with Crippen molar-refractivity contribution in [3.63, 3.8) is 0 Å². The van der Waals surface area contributed by atoms with E-state index in [4.69, 9.17) is 12.2 Å². The first-order chi connectivity index (χ1) is 10.2. The molecule has 2 aromatic rings. The summed E-state index contributed by atoms with van der Waals surface area (Å²) in [5.41, 5.74) is 3.91. The second-order valence-corrected chi connectivity index (χ2v) is 5.30. The Balaban J connectivity index is 1.58. The molecule has 0 aliphatic carbocycles. The van der Waals surface area contributed by atoms with Gasteiger partial charge in [-0.1, -0.05) is 36.4 Å². The zero-order chi connectivity index (χ0) is 14.7. The number of fused-ring (bicyclic) bond motifs is 1. The lowest BCUT2D eigenvalue weighted by atomic mass is 10.1. The van der Waals surface area contributed by atoms with Crippen LogP contribution in [0.3, 0.4) is 0 Å². The van der Waals surface area contributed by atoms with Crippen molar-refractivity contribution in [3.05, 3.63) is 59.7 Å². The molecule has 1 heterocycles. The molecule has 0 unspecified atom stereocenters. The highest BCUT2D eigenvalue weighted by atomic mass is 32.1. The highest BCUT2D eigenvalue weighted by molar-refractivity contribution is 7.80. The maximum absolute atomic E-state index is 11.3. The van der Waals surface area contributed by atoms with Crippen LogP contribution in [0.15, 0.2) is 48.5 Å². The van der Waals surface area contributed by atoms with Gasteiger partial charge in [0.1, 0.15) is 0 Å². The van der Waals surface area contributed by atoms with E-state index in [-0.39, 0.29) is 5.91 Å². The average molecular weight is 297 g/mol. The first kappa shape index (κ1) is 13.6. The van der Waals surface area contributed by atoms with Crippen LogP contribution in [0.25, 0.3) is 0 Å². The van der Waals surface area contributed by atoms with Crippen LogP contribution in [0.5, 0.6) is 0 Å². The van der Waals surface area contributed by atoms with Gasteiger partial charge in [-0.15, -0.1) is 0 Å². The first-order valence-corrected chi connectivity index (χ1v) is 7.13. The smallest absolute Gasteiger partial charge is 0.228 e. The van der Waals surface area contributed by atoms with Gasteiger partial charge in [0.2, 0.25) is 5.91 Å². The van der Waals surface area contributed by atoms with Gasteiger partial charge in [0, 0.05) is 17.9 Å². The normalized spacial score (nSPS) is 12.5. The van der Waals surface area contributed by atoms with Crippen molar-refractivity contribution >= 4 is 34.6 Å². The van der Waals surface area contributed by atoms with Crippen molar-refractivity contribution in [2.75, 3.05) is 10.6 Å². The summed E-state index contributed by atoms with van der Waals surface area (Å²) >= 11 is 5.28. The van der Waals surface area contributed by atoms with Gasteiger partial charge in [0.25, 0.3) is 0 Å². The van der Waals surface area contributed by atoms with Crippen LogP contribution in [-0.2, 0) is 17.8 Å². The lowest BCUT2D eigenvalue weighted by Crippen LogP contribution is -2.27. The van der Waals surface area contributed by atoms with Crippen LogP contribution in [0.2, 0.25) is 0 Å². The summed E-state index contributed by atoms with van der Waals surface area (Å²) in [5, 5.41) is 9.67. The topological polar surface area (TPSA) is 53.2 Å². The quantitative estimate of drug-likeness (QED) is 0.762. The van der Waals surface area contributed by atoms with Gasteiger partial charge in [-0.05, 0) is 35.5 Å². The number of hydrogen-bond donors (Lipinski definition) is 3. The highest BCUT2D eigenvalue weighted by Gasteiger charge is 2.17. The fourth-order valence-electron chi connectivity index (χ4n) is 2.25. The van der Waals surface area contributed by atoms with Crippen molar-refractivity contribution < 1.29 is 4.79 Å². The van der Waals surface area contributed by atoms with E-state index in [0.717, 1.165) is 16.9 Å². The lowest BCUT2D eigenvalue weighted by molar-refractivity contribution is -0.115. The molecule has 4 nitrogen and oxygen atoms in total. The Morgan fingerprint density at radius 3 is 2.81 bits per heavy atom. The van der Waals surface area contributed by atoms with Gasteiger partial charge in [0.15, 0.2) is 5.11 Å². The molecule has 2 aromatic carbocycles. The van der Waals surface area contributed by atoms with E-state index in [1.54, 1.807) is 0 Å². The minimum Gasteiger partial charge on any atom is -0.358 e. The fraction of sp³-hybridized carbons (Fsp3) is 0.125. The van der Waals surface area contributed by atoms with Crippen molar-refractivity contribution in [2.24, 2.45) is 0 Å². The number of thiocarbonyl (C=S) groups is 1. The molecule has 0 radical (unpaired) electrons. The standard InChI is InChI=1S/C16H15N3OS/c20-15-8-12-6-7-13(9-14(12)19-15)18-16(21)17-10-11-4-2-1-3-5-11/h1-7,9H,8,10H2,(H,19,20)(H2,17,18,21). The highest BCUT2D eigenvalue weighted by Crippen LogP contribution is 2.26. The molecule has 21 heavy (non-hydrogen) atoms. The Kier molecular flexibility index (Phi) is 3.83. The number of carbonyl (C=O) groups is 1. The van der Waals surface area contributed by atoms with Crippen molar-refractivity contribution in [1.82, 2.24) is 5.32 Å². The number of carbonyl (C=O) groups excluding carboxylic acids is 1. The summed E-state index contributed by atoms with van der Waals surface area (Å²) in [4.78, 5) is 11.3. The van der Waals surface area contributed by atoms with Crippen LogP contribution in [0, 0.1) is 0 Å². The van der Waals surface area contributed by atoms with E-state index in [9.17, 15) is 4.79 Å². The minimum atomic E-state index is 0.0342. The predicted molar refractivity (Wildman–Crippen MR) is 88.3 cm³/mol. The average Bonchev–Trinajstić information content (AvgIpc) is 2.85. The van der Waals surface area contributed by atoms with Crippen LogP contribution >= 0.6 is 12.2 Å². The Hall–Kier alpha value is -2.40. The molecule has 3 rings (SSSR count). The lowest BCUT2D eigenvalue weighted by Gasteiger charge is -2.11. The van der Waals surface area contributed by atoms with Crippen molar-refractivity contribution in [1.29, 1.82) is 0 Å². The Morgan fingerprint density at radius 1 is 1.19 bits per heavy atom. The number of amides is 1. The van der Waals surface area contributed by atoms with Crippen LogP contribution < -0.4 is 16.0 Å². The van der Waals surface area contributed by atoms with Crippen molar-refractivity contribution in [2.45, 2.75) is 13.0 Å². The van der Waals surface area contributed by atoms with Gasteiger partial charge < -0.3 is 16.0 Å². The number of benzene rings is 2. The second kappa shape index (κ2) is 5.93. The summed E-state index contributed by atoms with van der Waals surface area (Å²) in [5.74, 6) is 0.0342. The SMILES string of the molecule is O=C1Cc2ccc(NC(=S)NCc3ccccc3)cc2N1. The molecular weight excluding hydrogens is 282 g/mol. The third kappa shape index (κ3) is 3.38. The van der Waals surface area contributed by atoms with E-state index >= 15 is 0 Å². The maximum atomic E-state index is 11.3. The molecule has 1 aliphatic rings. The van der Waals surface area contributed by atoms with Crippen LogP contribution in [0.4, 0.5) is 11.4 Å². The predicted octanol–water partition coefficient (Wildman–Crippen LogP) is 2.67. The van der Waals surface area contributed by atoms with Crippen LogP contribution in [0.1, 0.15) is 11.1 Å². The number of anilines is 2. The van der Waals surface area contributed by atoms with E-state index in [1.807, 2.05) is 48.5 Å². The third-order valence-electron chi connectivity index (χ3n) is 3.29. The minimum absolute atomic E-state index is 0.0342. The summed E-state index contributed by atoms with van der Waals surface area (Å²) in [6, 6.07) is 15.8. The molecule has 0 fully saturated rings. The fourth-order valence-corrected chi connectivity index (χ4v) is 2.44. The maximum Gasteiger partial charge on any atom is 0.228 e.